The molecule has 0 atom stereocenters. The number of halogens is 1. The van der Waals surface area contributed by atoms with E-state index in [1.54, 1.807) is 0 Å². The van der Waals surface area contributed by atoms with Crippen LogP contribution < -0.4 is 5.32 Å². The van der Waals surface area contributed by atoms with Crippen LogP contribution in [0, 0.1) is 0 Å². The largest absolute Gasteiger partial charge is 0.369 e. The summed E-state index contributed by atoms with van der Waals surface area (Å²) in [4.78, 5) is 4.28. The van der Waals surface area contributed by atoms with Crippen molar-refractivity contribution in [2.24, 2.45) is 12.0 Å². The van der Waals surface area contributed by atoms with Gasteiger partial charge in [-0.3, -0.25) is 4.99 Å². The third-order valence-corrected chi connectivity index (χ3v) is 3.58. The van der Waals surface area contributed by atoms with E-state index >= 15 is 0 Å². The Hall–Kier alpha value is -1.74. The van der Waals surface area contributed by atoms with Crippen LogP contribution in [0.3, 0.4) is 0 Å². The van der Waals surface area contributed by atoms with E-state index in [4.69, 9.17) is 11.6 Å². The van der Waals surface area contributed by atoms with Gasteiger partial charge in [-0.2, -0.15) is 0 Å². The zero-order valence-electron chi connectivity index (χ0n) is 12.4. The second kappa shape index (κ2) is 6.14. The molecule has 106 valence electrons. The lowest BCUT2D eigenvalue weighted by Gasteiger charge is -2.14. The molecule has 1 aromatic heterocycles. The minimum absolute atomic E-state index is 0.658. The number of aliphatic imine (C=N–C) groups is 1. The molecule has 0 saturated carbocycles. The van der Waals surface area contributed by atoms with Crippen LogP contribution in [0.5, 0.6) is 0 Å². The van der Waals surface area contributed by atoms with Gasteiger partial charge in [-0.1, -0.05) is 25.4 Å². The molecule has 2 aromatic rings. The summed E-state index contributed by atoms with van der Waals surface area (Å²) in [6.45, 7) is 6.73. The highest BCUT2D eigenvalue weighted by Gasteiger charge is 2.13. The Morgan fingerprint density at radius 3 is 2.70 bits per heavy atom. The first-order valence-electron chi connectivity index (χ1n) is 6.87. The summed E-state index contributed by atoms with van der Waals surface area (Å²) in [5.74, 6) is 0. The fourth-order valence-electron chi connectivity index (χ4n) is 2.33. The lowest BCUT2D eigenvalue weighted by molar-refractivity contribution is 0.821. The predicted molar refractivity (Wildman–Crippen MR) is 88.4 cm³/mol. The zero-order valence-corrected chi connectivity index (χ0v) is 13.1. The van der Waals surface area contributed by atoms with E-state index in [1.807, 2.05) is 38.3 Å². The van der Waals surface area contributed by atoms with E-state index in [-0.39, 0.29) is 0 Å². The lowest BCUT2D eigenvalue weighted by Crippen LogP contribution is -2.18. The van der Waals surface area contributed by atoms with E-state index in [1.165, 1.54) is 5.52 Å². The Morgan fingerprint density at radius 1 is 1.25 bits per heavy atom. The molecule has 1 aliphatic heterocycles. The predicted octanol–water partition coefficient (Wildman–Crippen LogP) is 4.22. The molecule has 3 rings (SSSR count). The maximum absolute atomic E-state index is 6.03. The van der Waals surface area contributed by atoms with Crippen LogP contribution >= 0.6 is 11.6 Å². The van der Waals surface area contributed by atoms with Crippen molar-refractivity contribution in [2.75, 3.05) is 6.67 Å². The Labute approximate surface area is 125 Å². The van der Waals surface area contributed by atoms with Crippen molar-refractivity contribution in [2.45, 2.75) is 20.8 Å². The van der Waals surface area contributed by atoms with Crippen LogP contribution in [0.2, 0.25) is 5.02 Å². The fraction of sp³-hybridized carbons (Fsp3) is 0.312. The Balaban J connectivity index is 0.000000704. The second-order valence-electron chi connectivity index (χ2n) is 4.48. The summed E-state index contributed by atoms with van der Waals surface area (Å²) >= 11 is 6.03. The summed E-state index contributed by atoms with van der Waals surface area (Å²) in [5.41, 5.74) is 4.62. The van der Waals surface area contributed by atoms with Gasteiger partial charge in [0.05, 0.1) is 5.69 Å². The summed E-state index contributed by atoms with van der Waals surface area (Å²) < 4.78 is 2.17. The Bertz CT molecular complexity index is 680. The number of aromatic nitrogens is 1. The molecule has 4 heteroatoms. The van der Waals surface area contributed by atoms with Gasteiger partial charge in [-0.25, -0.2) is 0 Å². The van der Waals surface area contributed by atoms with Gasteiger partial charge in [0.25, 0.3) is 0 Å². The summed E-state index contributed by atoms with van der Waals surface area (Å²) in [7, 11) is 2.06. The molecule has 3 nitrogen and oxygen atoms in total. The first-order chi connectivity index (χ1) is 9.66. The fourth-order valence-corrected chi connectivity index (χ4v) is 2.51. The number of hydrogen-bond acceptors (Lipinski definition) is 2. The lowest BCUT2D eigenvalue weighted by atomic mass is 10.1. The van der Waals surface area contributed by atoms with Crippen molar-refractivity contribution < 1.29 is 0 Å². The third kappa shape index (κ3) is 2.59. The quantitative estimate of drug-likeness (QED) is 0.837. The number of aryl methyl sites for hydroxylation is 1. The van der Waals surface area contributed by atoms with Crippen molar-refractivity contribution in [1.82, 2.24) is 9.88 Å². The molecule has 1 aromatic carbocycles. The van der Waals surface area contributed by atoms with Gasteiger partial charge in [-0.05, 0) is 31.2 Å². The molecule has 0 aliphatic carbocycles. The van der Waals surface area contributed by atoms with Gasteiger partial charge in [0.1, 0.15) is 6.67 Å². The van der Waals surface area contributed by atoms with Crippen molar-refractivity contribution in [3.8, 4) is 0 Å². The molecule has 0 radical (unpaired) electrons. The van der Waals surface area contributed by atoms with Gasteiger partial charge >= 0.3 is 0 Å². The van der Waals surface area contributed by atoms with Gasteiger partial charge in [0.15, 0.2) is 0 Å². The first kappa shape index (κ1) is 14.7. The average Bonchev–Trinajstić information content (AvgIpc) is 2.78. The topological polar surface area (TPSA) is 29.3 Å². The number of nitrogens with one attached hydrogen (secondary N) is 1. The normalized spacial score (nSPS) is 14.1. The minimum Gasteiger partial charge on any atom is -0.369 e. The highest BCUT2D eigenvalue weighted by atomic mass is 35.5. The van der Waals surface area contributed by atoms with Crippen molar-refractivity contribution in [3.63, 3.8) is 0 Å². The molecule has 1 aliphatic rings. The number of nitrogens with zero attached hydrogens (tertiary/aromatic N) is 2. The van der Waals surface area contributed by atoms with Crippen LogP contribution in [-0.2, 0) is 7.05 Å². The molecule has 0 fully saturated rings. The molecule has 0 spiro atoms. The molecule has 0 amide bonds. The molecule has 1 N–H and O–H groups in total. The molecular formula is C16H20ClN3. The summed E-state index contributed by atoms with van der Waals surface area (Å²) in [6, 6.07) is 8.11. The highest BCUT2D eigenvalue weighted by Crippen LogP contribution is 2.27. The smallest absolute Gasteiger partial charge is 0.107 e. The first-order valence-corrected chi connectivity index (χ1v) is 7.24. The van der Waals surface area contributed by atoms with Gasteiger partial charge < -0.3 is 9.88 Å². The summed E-state index contributed by atoms with van der Waals surface area (Å²) in [6.07, 6.45) is 1.93. The van der Waals surface area contributed by atoms with Crippen molar-refractivity contribution in [3.05, 3.63) is 40.7 Å². The van der Waals surface area contributed by atoms with Crippen molar-refractivity contribution >= 4 is 34.3 Å². The minimum atomic E-state index is 0.658. The van der Waals surface area contributed by atoms with Gasteiger partial charge in [0.2, 0.25) is 0 Å². The maximum atomic E-state index is 6.03. The number of hydrogen-bond donors (Lipinski definition) is 1. The molecule has 0 bridgehead atoms. The van der Waals surface area contributed by atoms with E-state index in [9.17, 15) is 0 Å². The van der Waals surface area contributed by atoms with E-state index < -0.39 is 0 Å². The van der Waals surface area contributed by atoms with Crippen LogP contribution in [0.25, 0.3) is 16.5 Å². The molecule has 0 unspecified atom stereocenters. The van der Waals surface area contributed by atoms with E-state index in [0.29, 0.717) is 6.67 Å². The summed E-state index contributed by atoms with van der Waals surface area (Å²) in [5, 5.41) is 5.17. The Morgan fingerprint density at radius 2 is 2.00 bits per heavy atom. The van der Waals surface area contributed by atoms with Crippen molar-refractivity contribution in [1.29, 1.82) is 0 Å². The number of rotatable bonds is 1. The monoisotopic (exact) mass is 289 g/mol. The SMILES string of the molecule is CC.CC1=C(c2cc3cc(Cl)ccc3n2C)C=NCN1. The zero-order chi connectivity index (χ0) is 14.7. The third-order valence-electron chi connectivity index (χ3n) is 3.34. The number of benzene rings is 1. The Kier molecular flexibility index (Phi) is 4.50. The number of allylic oxidation sites excluding steroid dienone is 2. The maximum Gasteiger partial charge on any atom is 0.107 e. The van der Waals surface area contributed by atoms with Crippen LogP contribution in [0.15, 0.2) is 35.0 Å². The van der Waals surface area contributed by atoms with E-state index in [0.717, 1.165) is 27.4 Å². The standard InChI is InChI=1S/C14H14ClN3.C2H6/c1-9-12(7-16-8-17-9)14-6-10-5-11(15)3-4-13(10)18(14)2;1-2/h3-7,17H,8H2,1-2H3;1-2H3. The molecule has 20 heavy (non-hydrogen) atoms. The van der Waals surface area contributed by atoms with Gasteiger partial charge in [0, 0.05) is 40.5 Å². The molecule has 2 heterocycles. The number of fused-ring (bicyclic) bond motifs is 1. The second-order valence-corrected chi connectivity index (χ2v) is 4.91. The van der Waals surface area contributed by atoms with Crippen LogP contribution in [0.4, 0.5) is 0 Å². The molecule has 0 saturated heterocycles. The molecular weight excluding hydrogens is 270 g/mol. The van der Waals surface area contributed by atoms with Crippen LogP contribution in [0.1, 0.15) is 26.5 Å². The van der Waals surface area contributed by atoms with E-state index in [2.05, 4.69) is 34.9 Å². The van der Waals surface area contributed by atoms with Crippen LogP contribution in [-0.4, -0.2) is 17.5 Å². The van der Waals surface area contributed by atoms with Gasteiger partial charge in [-0.15, -0.1) is 0 Å². The average molecular weight is 290 g/mol. The highest BCUT2D eigenvalue weighted by molar-refractivity contribution is 6.31.